The van der Waals surface area contributed by atoms with Crippen molar-refractivity contribution in [2.24, 2.45) is 0 Å². The molecule has 0 aliphatic carbocycles. The summed E-state index contributed by atoms with van der Waals surface area (Å²) >= 11 is 5.84. The molecule has 2 aromatic rings. The second kappa shape index (κ2) is 4.62. The molecule has 0 amide bonds. The van der Waals surface area contributed by atoms with Crippen molar-refractivity contribution >= 4 is 34.4 Å². The molecule has 0 aliphatic rings. The van der Waals surface area contributed by atoms with E-state index in [1.54, 1.807) is 18.2 Å². The first-order valence-electron chi connectivity index (χ1n) is 4.95. The maximum atomic E-state index is 11.6. The number of aromatic carboxylic acids is 1. The lowest BCUT2D eigenvalue weighted by molar-refractivity contribution is 0.0603. The average Bonchev–Trinajstić information content (AvgIpc) is 2.36. The van der Waals surface area contributed by atoms with Gasteiger partial charge in [-0.1, -0.05) is 11.6 Å². The number of methoxy groups -OCH3 is 1. The summed E-state index contributed by atoms with van der Waals surface area (Å²) in [5.74, 6) is -1.84. The molecule has 0 saturated heterocycles. The molecule has 18 heavy (non-hydrogen) atoms. The number of carboxylic acid groups (broad SMARTS) is 1. The summed E-state index contributed by atoms with van der Waals surface area (Å²) in [7, 11) is 1.22. The Hall–Kier alpha value is -2.14. The molecule has 0 atom stereocenters. The average molecular weight is 266 g/mol. The zero-order valence-electron chi connectivity index (χ0n) is 9.31. The van der Waals surface area contributed by atoms with E-state index in [2.05, 4.69) is 9.72 Å². The van der Waals surface area contributed by atoms with Crippen LogP contribution < -0.4 is 0 Å². The van der Waals surface area contributed by atoms with E-state index >= 15 is 0 Å². The van der Waals surface area contributed by atoms with Gasteiger partial charge >= 0.3 is 11.9 Å². The van der Waals surface area contributed by atoms with Gasteiger partial charge in [-0.05, 0) is 24.3 Å². The fourth-order valence-electron chi connectivity index (χ4n) is 1.59. The predicted molar refractivity (Wildman–Crippen MR) is 65.1 cm³/mol. The topological polar surface area (TPSA) is 76.5 Å². The third kappa shape index (κ3) is 2.12. The number of carbonyl (C=O) groups excluding carboxylic acids is 1. The quantitative estimate of drug-likeness (QED) is 0.844. The van der Waals surface area contributed by atoms with Crippen molar-refractivity contribution in [3.8, 4) is 0 Å². The molecular weight excluding hydrogens is 258 g/mol. The number of carbonyl (C=O) groups is 2. The molecule has 1 N–H and O–H groups in total. The number of esters is 1. The maximum Gasteiger partial charge on any atom is 0.354 e. The van der Waals surface area contributed by atoms with Crippen LogP contribution in [0.4, 0.5) is 0 Å². The fourth-order valence-corrected chi connectivity index (χ4v) is 1.76. The third-order valence-corrected chi connectivity index (χ3v) is 2.63. The number of ether oxygens (including phenoxy) is 1. The van der Waals surface area contributed by atoms with Crippen molar-refractivity contribution in [3.63, 3.8) is 0 Å². The number of halogens is 1. The minimum absolute atomic E-state index is 0.127. The Balaban J connectivity index is 2.81. The van der Waals surface area contributed by atoms with Gasteiger partial charge in [0.2, 0.25) is 0 Å². The van der Waals surface area contributed by atoms with Gasteiger partial charge in [0.15, 0.2) is 0 Å². The van der Waals surface area contributed by atoms with Gasteiger partial charge in [-0.25, -0.2) is 14.6 Å². The van der Waals surface area contributed by atoms with E-state index < -0.39 is 11.9 Å². The summed E-state index contributed by atoms with van der Waals surface area (Å²) < 4.78 is 4.62. The molecule has 5 nitrogen and oxygen atoms in total. The zero-order valence-corrected chi connectivity index (χ0v) is 10.1. The van der Waals surface area contributed by atoms with Crippen LogP contribution in [0.15, 0.2) is 24.3 Å². The first kappa shape index (κ1) is 12.3. The van der Waals surface area contributed by atoms with Crippen LogP contribution in [0.3, 0.4) is 0 Å². The number of pyridine rings is 1. The Morgan fingerprint density at radius 1 is 1.33 bits per heavy atom. The molecule has 1 aromatic heterocycles. The molecule has 92 valence electrons. The Morgan fingerprint density at radius 3 is 2.67 bits per heavy atom. The molecule has 0 spiro atoms. The Labute approximate surface area is 107 Å². The van der Waals surface area contributed by atoms with E-state index in [0.717, 1.165) is 0 Å². The van der Waals surface area contributed by atoms with Crippen LogP contribution in [0, 0.1) is 0 Å². The number of nitrogens with zero attached hydrogens (tertiary/aromatic N) is 1. The highest BCUT2D eigenvalue weighted by Crippen LogP contribution is 2.23. The van der Waals surface area contributed by atoms with Gasteiger partial charge in [-0.3, -0.25) is 0 Å². The van der Waals surface area contributed by atoms with Crippen LogP contribution in [0.1, 0.15) is 20.8 Å². The number of hydrogen-bond acceptors (Lipinski definition) is 4. The lowest BCUT2D eigenvalue weighted by Gasteiger charge is -2.06. The maximum absolute atomic E-state index is 11.6. The van der Waals surface area contributed by atoms with Gasteiger partial charge in [-0.2, -0.15) is 0 Å². The van der Waals surface area contributed by atoms with Crippen LogP contribution in [-0.4, -0.2) is 29.1 Å². The van der Waals surface area contributed by atoms with E-state index in [0.29, 0.717) is 15.9 Å². The van der Waals surface area contributed by atoms with Crippen molar-refractivity contribution in [3.05, 3.63) is 40.5 Å². The van der Waals surface area contributed by atoms with Crippen molar-refractivity contribution in [2.75, 3.05) is 7.11 Å². The standard InChI is InChI=1S/C12H8ClNO4/c1-18-12(17)8-5-10(11(15)16)14-9-3-2-6(13)4-7(8)9/h2-5H,1H3,(H,15,16). The van der Waals surface area contributed by atoms with Crippen LogP contribution in [0.5, 0.6) is 0 Å². The molecule has 0 fully saturated rings. The minimum Gasteiger partial charge on any atom is -0.477 e. The first-order chi connectivity index (χ1) is 8.52. The van der Waals surface area contributed by atoms with Gasteiger partial charge < -0.3 is 9.84 Å². The number of fused-ring (bicyclic) bond motifs is 1. The molecule has 6 heteroatoms. The lowest BCUT2D eigenvalue weighted by Crippen LogP contribution is -2.08. The Morgan fingerprint density at radius 2 is 2.06 bits per heavy atom. The molecule has 2 rings (SSSR count). The highest BCUT2D eigenvalue weighted by atomic mass is 35.5. The fraction of sp³-hybridized carbons (Fsp3) is 0.0833. The second-order valence-corrected chi connectivity index (χ2v) is 3.95. The van der Waals surface area contributed by atoms with Crippen molar-refractivity contribution < 1.29 is 19.4 Å². The summed E-state index contributed by atoms with van der Waals surface area (Å²) in [6, 6.07) is 5.84. The minimum atomic E-state index is -1.21. The van der Waals surface area contributed by atoms with E-state index in [-0.39, 0.29) is 11.3 Å². The lowest BCUT2D eigenvalue weighted by atomic mass is 10.1. The molecule has 1 heterocycles. The highest BCUT2D eigenvalue weighted by Gasteiger charge is 2.16. The number of rotatable bonds is 2. The van der Waals surface area contributed by atoms with E-state index in [1.807, 2.05) is 0 Å². The SMILES string of the molecule is COC(=O)c1cc(C(=O)O)nc2ccc(Cl)cc12. The third-order valence-electron chi connectivity index (χ3n) is 2.40. The van der Waals surface area contributed by atoms with Crippen LogP contribution in [0.25, 0.3) is 10.9 Å². The van der Waals surface area contributed by atoms with Gasteiger partial charge in [-0.15, -0.1) is 0 Å². The molecule has 0 bridgehead atoms. The van der Waals surface area contributed by atoms with E-state index in [9.17, 15) is 9.59 Å². The Bertz CT molecular complexity index is 654. The number of benzene rings is 1. The highest BCUT2D eigenvalue weighted by molar-refractivity contribution is 6.31. The zero-order chi connectivity index (χ0) is 13.3. The summed E-state index contributed by atoms with van der Waals surface area (Å²) in [6.07, 6.45) is 0. The number of aromatic nitrogens is 1. The van der Waals surface area contributed by atoms with E-state index in [1.165, 1.54) is 13.2 Å². The Kier molecular flexibility index (Phi) is 3.16. The normalized spacial score (nSPS) is 10.3. The van der Waals surface area contributed by atoms with Gasteiger partial charge in [0.25, 0.3) is 0 Å². The van der Waals surface area contributed by atoms with Crippen LogP contribution in [-0.2, 0) is 4.74 Å². The van der Waals surface area contributed by atoms with Crippen LogP contribution >= 0.6 is 11.6 Å². The van der Waals surface area contributed by atoms with Crippen molar-refractivity contribution in [1.82, 2.24) is 4.98 Å². The smallest absolute Gasteiger partial charge is 0.354 e. The van der Waals surface area contributed by atoms with Crippen LogP contribution in [0.2, 0.25) is 5.02 Å². The predicted octanol–water partition coefficient (Wildman–Crippen LogP) is 2.37. The monoisotopic (exact) mass is 265 g/mol. The largest absolute Gasteiger partial charge is 0.477 e. The summed E-state index contributed by atoms with van der Waals surface area (Å²) in [6.45, 7) is 0. The summed E-state index contributed by atoms with van der Waals surface area (Å²) in [5.41, 5.74) is 0.285. The molecular formula is C12H8ClNO4. The summed E-state index contributed by atoms with van der Waals surface area (Å²) in [5, 5.41) is 9.82. The first-order valence-corrected chi connectivity index (χ1v) is 5.32. The molecule has 0 aliphatic heterocycles. The number of carboxylic acids is 1. The number of hydrogen-bond donors (Lipinski definition) is 1. The van der Waals surface area contributed by atoms with Crippen molar-refractivity contribution in [1.29, 1.82) is 0 Å². The molecule has 0 radical (unpaired) electrons. The molecule has 1 aromatic carbocycles. The van der Waals surface area contributed by atoms with Gasteiger partial charge in [0, 0.05) is 10.4 Å². The van der Waals surface area contributed by atoms with Gasteiger partial charge in [0.1, 0.15) is 5.69 Å². The molecule has 0 saturated carbocycles. The second-order valence-electron chi connectivity index (χ2n) is 3.51. The van der Waals surface area contributed by atoms with Crippen molar-refractivity contribution in [2.45, 2.75) is 0 Å². The van der Waals surface area contributed by atoms with Gasteiger partial charge in [0.05, 0.1) is 18.2 Å². The van der Waals surface area contributed by atoms with E-state index in [4.69, 9.17) is 16.7 Å². The summed E-state index contributed by atoms with van der Waals surface area (Å²) in [4.78, 5) is 26.5. The molecule has 0 unspecified atom stereocenters.